The largest absolute Gasteiger partial charge is 0.481 e. The highest BCUT2D eigenvalue weighted by Gasteiger charge is 2.09. The SMILES string of the molecule is O=C(O)CCCc1csc(NC(=O)c2ccc(Cl)cc2)n1. The Hall–Kier alpha value is -1.92. The Labute approximate surface area is 130 Å². The quantitative estimate of drug-likeness (QED) is 0.852. The van der Waals surface area contributed by atoms with E-state index in [1.54, 1.807) is 24.3 Å². The summed E-state index contributed by atoms with van der Waals surface area (Å²) in [5.41, 5.74) is 1.29. The zero-order valence-electron chi connectivity index (χ0n) is 11.0. The van der Waals surface area contributed by atoms with Crippen molar-refractivity contribution in [2.24, 2.45) is 0 Å². The van der Waals surface area contributed by atoms with Crippen LogP contribution in [0.5, 0.6) is 0 Å². The number of benzene rings is 1. The Morgan fingerprint density at radius 3 is 2.67 bits per heavy atom. The summed E-state index contributed by atoms with van der Waals surface area (Å²) in [5, 5.41) is 14.2. The molecule has 1 aromatic carbocycles. The first-order valence-corrected chi connectivity index (χ1v) is 7.53. The maximum Gasteiger partial charge on any atom is 0.303 e. The predicted octanol–water partition coefficient (Wildman–Crippen LogP) is 3.46. The summed E-state index contributed by atoms with van der Waals surface area (Å²) >= 11 is 7.08. The number of carbonyl (C=O) groups is 2. The molecule has 1 amide bonds. The first kappa shape index (κ1) is 15.5. The summed E-state index contributed by atoms with van der Waals surface area (Å²) in [7, 11) is 0. The van der Waals surface area contributed by atoms with E-state index in [9.17, 15) is 9.59 Å². The smallest absolute Gasteiger partial charge is 0.303 e. The molecular weight excluding hydrogens is 312 g/mol. The second kappa shape index (κ2) is 7.19. The van der Waals surface area contributed by atoms with Crippen LogP contribution in [0.3, 0.4) is 0 Å². The van der Waals surface area contributed by atoms with Crippen molar-refractivity contribution < 1.29 is 14.7 Å². The van der Waals surface area contributed by atoms with E-state index < -0.39 is 5.97 Å². The van der Waals surface area contributed by atoms with Crippen LogP contribution in [0.25, 0.3) is 0 Å². The Kier molecular flexibility index (Phi) is 5.30. The maximum atomic E-state index is 12.0. The molecule has 0 radical (unpaired) electrons. The van der Waals surface area contributed by atoms with E-state index in [1.807, 2.05) is 5.38 Å². The van der Waals surface area contributed by atoms with E-state index in [0.29, 0.717) is 28.6 Å². The molecule has 110 valence electrons. The van der Waals surface area contributed by atoms with E-state index >= 15 is 0 Å². The number of aromatic nitrogens is 1. The van der Waals surface area contributed by atoms with Gasteiger partial charge in [0.2, 0.25) is 0 Å². The first-order valence-electron chi connectivity index (χ1n) is 6.28. The van der Waals surface area contributed by atoms with Gasteiger partial charge in [0.15, 0.2) is 5.13 Å². The number of carbonyl (C=O) groups excluding carboxylic acids is 1. The summed E-state index contributed by atoms with van der Waals surface area (Å²) in [5.74, 6) is -1.07. The second-order valence-electron chi connectivity index (χ2n) is 4.35. The van der Waals surface area contributed by atoms with Gasteiger partial charge in [0.25, 0.3) is 5.91 Å². The number of rotatable bonds is 6. The number of aryl methyl sites for hydroxylation is 1. The third-order valence-electron chi connectivity index (χ3n) is 2.70. The van der Waals surface area contributed by atoms with Gasteiger partial charge in [-0.3, -0.25) is 14.9 Å². The molecule has 0 saturated carbocycles. The molecule has 1 heterocycles. The zero-order chi connectivity index (χ0) is 15.2. The predicted molar refractivity (Wildman–Crippen MR) is 82.1 cm³/mol. The molecule has 0 aliphatic carbocycles. The van der Waals surface area contributed by atoms with Gasteiger partial charge in [-0.05, 0) is 37.1 Å². The van der Waals surface area contributed by atoms with Crippen molar-refractivity contribution in [1.29, 1.82) is 0 Å². The van der Waals surface area contributed by atoms with E-state index in [1.165, 1.54) is 11.3 Å². The maximum absolute atomic E-state index is 12.0. The van der Waals surface area contributed by atoms with Gasteiger partial charge in [-0.1, -0.05) is 11.6 Å². The number of hydrogen-bond acceptors (Lipinski definition) is 4. The molecule has 0 spiro atoms. The summed E-state index contributed by atoms with van der Waals surface area (Å²) in [4.78, 5) is 26.7. The molecule has 0 aliphatic heterocycles. The zero-order valence-corrected chi connectivity index (χ0v) is 12.6. The van der Waals surface area contributed by atoms with Crippen molar-refractivity contribution in [1.82, 2.24) is 4.98 Å². The van der Waals surface area contributed by atoms with Crippen LogP contribution in [0.2, 0.25) is 5.02 Å². The number of anilines is 1. The lowest BCUT2D eigenvalue weighted by Crippen LogP contribution is -2.11. The second-order valence-corrected chi connectivity index (χ2v) is 5.65. The van der Waals surface area contributed by atoms with Crippen LogP contribution in [0.1, 0.15) is 28.9 Å². The third kappa shape index (κ3) is 4.84. The van der Waals surface area contributed by atoms with Crippen LogP contribution < -0.4 is 5.32 Å². The van der Waals surface area contributed by atoms with Crippen molar-refractivity contribution in [3.8, 4) is 0 Å². The van der Waals surface area contributed by atoms with Crippen molar-refractivity contribution >= 4 is 39.9 Å². The highest BCUT2D eigenvalue weighted by molar-refractivity contribution is 7.13. The molecule has 0 bridgehead atoms. The van der Waals surface area contributed by atoms with Crippen LogP contribution in [0.15, 0.2) is 29.6 Å². The van der Waals surface area contributed by atoms with Gasteiger partial charge in [-0.2, -0.15) is 0 Å². The molecule has 2 aromatic rings. The van der Waals surface area contributed by atoms with Gasteiger partial charge in [-0.25, -0.2) is 4.98 Å². The molecule has 5 nitrogen and oxygen atoms in total. The lowest BCUT2D eigenvalue weighted by molar-refractivity contribution is -0.137. The van der Waals surface area contributed by atoms with Gasteiger partial charge in [0.1, 0.15) is 0 Å². The van der Waals surface area contributed by atoms with Crippen molar-refractivity contribution in [2.45, 2.75) is 19.3 Å². The molecule has 1 aromatic heterocycles. The number of carboxylic acids is 1. The number of hydrogen-bond donors (Lipinski definition) is 2. The average Bonchev–Trinajstić information content (AvgIpc) is 2.86. The number of thiazole rings is 1. The van der Waals surface area contributed by atoms with E-state index in [2.05, 4.69) is 10.3 Å². The molecule has 0 unspecified atom stereocenters. The van der Waals surface area contributed by atoms with E-state index in [-0.39, 0.29) is 12.3 Å². The number of halogens is 1. The van der Waals surface area contributed by atoms with Gasteiger partial charge in [0, 0.05) is 22.4 Å². The number of amides is 1. The van der Waals surface area contributed by atoms with Gasteiger partial charge in [0.05, 0.1) is 5.69 Å². The molecule has 0 atom stereocenters. The number of aliphatic carboxylic acids is 1. The van der Waals surface area contributed by atoms with Crippen molar-refractivity contribution in [2.75, 3.05) is 5.32 Å². The molecule has 21 heavy (non-hydrogen) atoms. The third-order valence-corrected chi connectivity index (χ3v) is 3.76. The van der Waals surface area contributed by atoms with Crippen LogP contribution >= 0.6 is 22.9 Å². The van der Waals surface area contributed by atoms with E-state index in [4.69, 9.17) is 16.7 Å². The van der Waals surface area contributed by atoms with Crippen LogP contribution in [-0.2, 0) is 11.2 Å². The molecule has 7 heteroatoms. The highest BCUT2D eigenvalue weighted by atomic mass is 35.5. The Morgan fingerprint density at radius 1 is 1.29 bits per heavy atom. The summed E-state index contributed by atoms with van der Waals surface area (Å²) in [6.07, 6.45) is 1.23. The fourth-order valence-corrected chi connectivity index (χ4v) is 2.54. The fraction of sp³-hybridized carbons (Fsp3) is 0.214. The number of nitrogens with zero attached hydrogens (tertiary/aromatic N) is 1. The minimum Gasteiger partial charge on any atom is -0.481 e. The Bertz CT molecular complexity index is 640. The standard InChI is InChI=1S/C14H13ClN2O3S/c15-10-6-4-9(5-7-10)13(20)17-14-16-11(8-21-14)2-1-3-12(18)19/h4-8H,1-3H2,(H,18,19)(H,16,17,20). The first-order chi connectivity index (χ1) is 10.0. The minimum absolute atomic E-state index is 0.115. The van der Waals surface area contributed by atoms with Crippen molar-refractivity contribution in [3.05, 3.63) is 45.9 Å². The van der Waals surface area contributed by atoms with Gasteiger partial charge >= 0.3 is 5.97 Å². The molecule has 0 fully saturated rings. The molecule has 2 N–H and O–H groups in total. The van der Waals surface area contributed by atoms with Crippen LogP contribution in [-0.4, -0.2) is 22.0 Å². The topological polar surface area (TPSA) is 79.3 Å². The van der Waals surface area contributed by atoms with Gasteiger partial charge < -0.3 is 5.11 Å². The number of carboxylic acid groups (broad SMARTS) is 1. The monoisotopic (exact) mass is 324 g/mol. The van der Waals surface area contributed by atoms with Crippen LogP contribution in [0, 0.1) is 0 Å². The molecular formula is C14H13ClN2O3S. The Balaban J connectivity index is 1.91. The molecule has 0 aliphatic rings. The van der Waals surface area contributed by atoms with E-state index in [0.717, 1.165) is 5.69 Å². The highest BCUT2D eigenvalue weighted by Crippen LogP contribution is 2.18. The number of nitrogens with one attached hydrogen (secondary N) is 1. The van der Waals surface area contributed by atoms with Crippen molar-refractivity contribution in [3.63, 3.8) is 0 Å². The normalized spacial score (nSPS) is 10.3. The lowest BCUT2D eigenvalue weighted by atomic mass is 10.2. The minimum atomic E-state index is -0.818. The lowest BCUT2D eigenvalue weighted by Gasteiger charge is -2.01. The molecule has 0 saturated heterocycles. The average molecular weight is 325 g/mol. The summed E-state index contributed by atoms with van der Waals surface area (Å²) in [6, 6.07) is 6.57. The summed E-state index contributed by atoms with van der Waals surface area (Å²) < 4.78 is 0. The van der Waals surface area contributed by atoms with Gasteiger partial charge in [-0.15, -0.1) is 11.3 Å². The molecule has 2 rings (SSSR count). The Morgan fingerprint density at radius 2 is 2.00 bits per heavy atom. The summed E-state index contributed by atoms with van der Waals surface area (Å²) in [6.45, 7) is 0. The van der Waals surface area contributed by atoms with Crippen LogP contribution in [0.4, 0.5) is 5.13 Å². The fourth-order valence-electron chi connectivity index (χ4n) is 1.67.